The quantitative estimate of drug-likeness (QED) is 0.335. The van der Waals surface area contributed by atoms with Crippen LogP contribution in [0, 0.1) is 0 Å². The summed E-state index contributed by atoms with van der Waals surface area (Å²) in [6.07, 6.45) is 6.09. The number of hydrogen-bond donors (Lipinski definition) is 1. The third-order valence-electron chi connectivity index (χ3n) is 9.04. The molecule has 3 saturated heterocycles. The number of fused-ring (bicyclic) bond motifs is 1. The van der Waals surface area contributed by atoms with Gasteiger partial charge in [0.2, 0.25) is 0 Å². The van der Waals surface area contributed by atoms with E-state index in [0.717, 1.165) is 69.2 Å². The van der Waals surface area contributed by atoms with Crippen molar-refractivity contribution in [2.24, 2.45) is 0 Å². The van der Waals surface area contributed by atoms with E-state index in [-0.39, 0.29) is 42.9 Å². The average Bonchev–Trinajstić information content (AvgIpc) is 3.36. The van der Waals surface area contributed by atoms with Gasteiger partial charge < -0.3 is 14.8 Å². The Bertz CT molecular complexity index is 1420. The zero-order chi connectivity index (χ0) is 27.9. The van der Waals surface area contributed by atoms with Crippen LogP contribution in [0.25, 0.3) is 16.6 Å². The molecule has 0 atom stereocenters. The number of halogens is 3. The molecule has 0 unspecified atom stereocenters. The van der Waals surface area contributed by atoms with Crippen molar-refractivity contribution in [3.05, 3.63) is 59.0 Å². The molecular formula is C30H35ClF2N5O2+. The molecule has 3 aliphatic rings. The first kappa shape index (κ1) is 27.3. The van der Waals surface area contributed by atoms with Crippen molar-refractivity contribution in [2.45, 2.75) is 56.9 Å². The number of benzene rings is 1. The van der Waals surface area contributed by atoms with Gasteiger partial charge in [0, 0.05) is 63.4 Å². The number of amides is 2. The van der Waals surface area contributed by atoms with Crippen molar-refractivity contribution in [1.29, 1.82) is 0 Å². The molecule has 1 aromatic carbocycles. The van der Waals surface area contributed by atoms with Crippen LogP contribution in [0.3, 0.4) is 0 Å². The summed E-state index contributed by atoms with van der Waals surface area (Å²) in [7, 11) is 0. The number of hydrogen-bond acceptors (Lipinski definition) is 4. The second-order valence-corrected chi connectivity index (χ2v) is 11.8. The van der Waals surface area contributed by atoms with E-state index in [1.807, 2.05) is 18.2 Å². The Balaban J connectivity index is 1.41. The van der Waals surface area contributed by atoms with E-state index in [0.29, 0.717) is 27.5 Å². The van der Waals surface area contributed by atoms with Gasteiger partial charge in [0.25, 0.3) is 11.8 Å². The molecule has 1 N–H and O–H groups in total. The molecule has 0 aliphatic carbocycles. The van der Waals surface area contributed by atoms with Crippen LogP contribution < -0.4 is 5.32 Å². The molecule has 3 fully saturated rings. The lowest BCUT2D eigenvalue weighted by molar-refractivity contribution is -0.880. The van der Waals surface area contributed by atoms with E-state index in [1.54, 1.807) is 29.0 Å². The lowest BCUT2D eigenvalue weighted by atomic mass is 9.94. The molecule has 0 radical (unpaired) electrons. The Hall–Kier alpha value is -2.88. The van der Waals surface area contributed by atoms with Crippen LogP contribution in [0.5, 0.6) is 0 Å². The second-order valence-electron chi connectivity index (χ2n) is 11.5. The molecule has 0 bridgehead atoms. The normalized spacial score (nSPS) is 21.4. The predicted octanol–water partition coefficient (Wildman–Crippen LogP) is 5.44. The molecule has 3 aliphatic heterocycles. The molecule has 2 aromatic heterocycles. The third kappa shape index (κ3) is 5.03. The highest BCUT2D eigenvalue weighted by molar-refractivity contribution is 6.29. The predicted molar refractivity (Wildman–Crippen MR) is 150 cm³/mol. The van der Waals surface area contributed by atoms with Crippen LogP contribution in [0.4, 0.5) is 8.78 Å². The number of carbonyl (C=O) groups excluding carboxylic acids is 2. The first-order valence-corrected chi connectivity index (χ1v) is 14.7. The Morgan fingerprint density at radius 1 is 1.00 bits per heavy atom. The van der Waals surface area contributed by atoms with Crippen molar-refractivity contribution >= 4 is 34.3 Å². The zero-order valence-electron chi connectivity index (χ0n) is 22.6. The molecule has 2 amide bonds. The highest BCUT2D eigenvalue weighted by atomic mass is 35.5. The van der Waals surface area contributed by atoms with E-state index >= 15 is 0 Å². The number of aromatic nitrogens is 2. The Labute approximate surface area is 237 Å². The van der Waals surface area contributed by atoms with Crippen LogP contribution in [0.1, 0.15) is 65.8 Å². The van der Waals surface area contributed by atoms with Gasteiger partial charge in [0.1, 0.15) is 10.8 Å². The highest BCUT2D eigenvalue weighted by Crippen LogP contribution is 2.34. The number of nitrogens with one attached hydrogen (secondary N) is 1. The topological polar surface area (TPSA) is 67.2 Å². The fourth-order valence-corrected chi connectivity index (χ4v) is 7.05. The van der Waals surface area contributed by atoms with Crippen LogP contribution in [-0.2, 0) is 0 Å². The molecule has 40 heavy (non-hydrogen) atoms. The number of pyridine rings is 1. The van der Waals surface area contributed by atoms with Crippen molar-refractivity contribution in [2.75, 3.05) is 39.3 Å². The Morgan fingerprint density at radius 2 is 1.73 bits per heavy atom. The van der Waals surface area contributed by atoms with Crippen LogP contribution in [-0.4, -0.2) is 82.0 Å². The highest BCUT2D eigenvalue weighted by Gasteiger charge is 2.46. The number of rotatable bonds is 4. The molecule has 6 rings (SSSR count). The van der Waals surface area contributed by atoms with Gasteiger partial charge in [-0.15, -0.1) is 0 Å². The number of alkyl halides is 2. The Kier molecular flexibility index (Phi) is 7.39. The molecular weight excluding hydrogens is 536 g/mol. The van der Waals surface area contributed by atoms with E-state index < -0.39 is 5.92 Å². The summed E-state index contributed by atoms with van der Waals surface area (Å²) in [5.74, 6) is -2.92. The summed E-state index contributed by atoms with van der Waals surface area (Å²) in [5, 5.41) is 4.46. The molecule has 0 spiro atoms. The lowest BCUT2D eigenvalue weighted by Crippen LogP contribution is -2.63. The monoisotopic (exact) mass is 570 g/mol. The summed E-state index contributed by atoms with van der Waals surface area (Å²) in [5.41, 5.74) is 2.40. The summed E-state index contributed by atoms with van der Waals surface area (Å²) in [4.78, 5) is 33.6. The minimum atomic E-state index is -2.75. The van der Waals surface area contributed by atoms with Gasteiger partial charge in [0.15, 0.2) is 0 Å². The number of piperidine rings is 3. The maximum Gasteiger partial charge on any atom is 0.346 e. The standard InChI is InChI=1S/C30H35ClF2N5O2/c31-27-20-23(6-13-35-27)37-25-5-4-21(29(40)38(16-2-1-3-17-38)24-7-11-34-12-8-24)18-22(25)19-26(37)28(39)36-14-9-30(32,33)10-15-36/h4-6,13,18-20,24,34H,1-3,7-12,14-17H2/q+1. The van der Waals surface area contributed by atoms with Gasteiger partial charge in [-0.2, -0.15) is 0 Å². The van der Waals surface area contributed by atoms with Crippen molar-refractivity contribution in [1.82, 2.24) is 19.8 Å². The smallest absolute Gasteiger partial charge is 0.337 e. The summed E-state index contributed by atoms with van der Waals surface area (Å²) < 4.78 is 30.0. The van der Waals surface area contributed by atoms with Crippen molar-refractivity contribution in [3.63, 3.8) is 0 Å². The van der Waals surface area contributed by atoms with Gasteiger partial charge in [-0.05, 0) is 55.7 Å². The third-order valence-corrected chi connectivity index (χ3v) is 9.25. The first-order valence-electron chi connectivity index (χ1n) is 14.3. The zero-order valence-corrected chi connectivity index (χ0v) is 23.3. The number of likely N-dealkylation sites (tertiary alicyclic amines) is 2. The number of carbonyl (C=O) groups is 2. The molecule has 3 aromatic rings. The number of quaternary nitrogens is 1. The maximum absolute atomic E-state index is 14.3. The second kappa shape index (κ2) is 10.8. The summed E-state index contributed by atoms with van der Waals surface area (Å²) >= 11 is 6.21. The first-order chi connectivity index (χ1) is 19.3. The molecule has 5 heterocycles. The molecule has 0 saturated carbocycles. The fourth-order valence-electron chi connectivity index (χ4n) is 6.88. The number of nitrogens with zero attached hydrogens (tertiary/aromatic N) is 4. The largest absolute Gasteiger partial charge is 0.346 e. The average molecular weight is 571 g/mol. The van der Waals surface area contributed by atoms with Gasteiger partial charge in [-0.1, -0.05) is 11.6 Å². The van der Waals surface area contributed by atoms with Crippen LogP contribution in [0.2, 0.25) is 5.15 Å². The van der Waals surface area contributed by atoms with Crippen LogP contribution >= 0.6 is 11.6 Å². The van der Waals surface area contributed by atoms with Crippen molar-refractivity contribution in [3.8, 4) is 5.69 Å². The van der Waals surface area contributed by atoms with E-state index in [9.17, 15) is 18.4 Å². The van der Waals surface area contributed by atoms with Crippen LogP contribution in [0.15, 0.2) is 42.6 Å². The van der Waals surface area contributed by atoms with E-state index in [4.69, 9.17) is 11.6 Å². The maximum atomic E-state index is 14.3. The Morgan fingerprint density at radius 3 is 2.42 bits per heavy atom. The van der Waals surface area contributed by atoms with E-state index in [1.165, 1.54) is 4.90 Å². The van der Waals surface area contributed by atoms with Gasteiger partial charge in [-0.3, -0.25) is 9.28 Å². The van der Waals surface area contributed by atoms with E-state index in [2.05, 4.69) is 10.3 Å². The molecule has 10 heteroatoms. The molecule has 212 valence electrons. The summed E-state index contributed by atoms with van der Waals surface area (Å²) in [6, 6.07) is 11.2. The molecule has 7 nitrogen and oxygen atoms in total. The minimum Gasteiger partial charge on any atom is -0.337 e. The van der Waals surface area contributed by atoms with Gasteiger partial charge in [0.05, 0.1) is 35.9 Å². The van der Waals surface area contributed by atoms with Gasteiger partial charge in [-0.25, -0.2) is 18.6 Å². The summed E-state index contributed by atoms with van der Waals surface area (Å²) in [6.45, 7) is 3.57. The fraction of sp³-hybridized carbons (Fsp3) is 0.500. The minimum absolute atomic E-state index is 0.00948. The van der Waals surface area contributed by atoms with Crippen molar-refractivity contribution < 1.29 is 22.9 Å². The van der Waals surface area contributed by atoms with Gasteiger partial charge >= 0.3 is 5.91 Å². The SMILES string of the molecule is O=C(c1cc2cc(C(=O)[N+]3(C4CCNCC4)CCCCC3)ccc2n1-c1ccnc(Cl)c1)N1CCC(F)(F)CC1. The lowest BCUT2D eigenvalue weighted by Gasteiger charge is -2.46.